The lowest BCUT2D eigenvalue weighted by Crippen LogP contribution is -1.98. The van der Waals surface area contributed by atoms with Crippen molar-refractivity contribution >= 4 is 24.0 Å². The second-order valence-electron chi connectivity index (χ2n) is 5.23. The number of carboxylic acids is 2. The van der Waals surface area contributed by atoms with Crippen LogP contribution in [0.4, 0.5) is 0 Å². The van der Waals surface area contributed by atoms with Crippen LogP contribution < -0.4 is 0 Å². The second-order valence-corrected chi connectivity index (χ2v) is 5.23. The van der Waals surface area contributed by atoms with Crippen LogP contribution in [-0.4, -0.2) is 35.2 Å². The number of ether oxygens (including phenoxy) is 1. The molecule has 0 radical (unpaired) electrons. The number of esters is 1. The maximum absolute atomic E-state index is 10.2. The number of carbonyl (C=O) groups excluding carboxylic acids is 1. The summed E-state index contributed by atoms with van der Waals surface area (Å²) in [7, 11) is 1.33. The normalized spacial score (nSPS) is 8.00. The lowest BCUT2D eigenvalue weighted by molar-refractivity contribution is -0.136. The van der Waals surface area contributed by atoms with Crippen LogP contribution in [-0.2, 0) is 19.1 Å². The van der Waals surface area contributed by atoms with Gasteiger partial charge in [-0.2, -0.15) is 0 Å². The van der Waals surface area contributed by atoms with Crippen LogP contribution in [0.2, 0.25) is 0 Å². The van der Waals surface area contributed by atoms with E-state index >= 15 is 0 Å². The number of carbonyl (C=O) groups is 3. The average Bonchev–Trinajstić information content (AvgIpc) is 2.68. The molecule has 1 aromatic rings. The highest BCUT2D eigenvalue weighted by atomic mass is 16.5. The first kappa shape index (κ1) is 29.4. The highest BCUT2D eigenvalue weighted by Gasteiger charge is 1.96. The molecule has 2 N–H and O–H groups in total. The van der Waals surface area contributed by atoms with E-state index in [1.807, 2.05) is 36.4 Å². The number of carboxylic acid groups (broad SMARTS) is 2. The van der Waals surface area contributed by atoms with E-state index in [-0.39, 0.29) is 17.1 Å². The summed E-state index contributed by atoms with van der Waals surface area (Å²) in [5.41, 5.74) is 2.05. The summed E-state index contributed by atoms with van der Waals surface area (Å²) in [6.45, 7) is 18.2. The van der Waals surface area contributed by atoms with Crippen LogP contribution in [0.1, 0.15) is 32.8 Å². The van der Waals surface area contributed by atoms with Gasteiger partial charge in [0.1, 0.15) is 0 Å². The molecule has 6 heteroatoms. The Morgan fingerprint density at radius 1 is 0.964 bits per heavy atom. The molecule has 0 amide bonds. The molecule has 0 aromatic heterocycles. The Morgan fingerprint density at radius 2 is 1.39 bits per heavy atom. The van der Waals surface area contributed by atoms with E-state index in [0.29, 0.717) is 12.0 Å². The average molecular weight is 390 g/mol. The third kappa shape index (κ3) is 20.6. The molecule has 0 aliphatic carbocycles. The molecule has 0 unspecified atom stereocenters. The van der Waals surface area contributed by atoms with E-state index in [2.05, 4.69) is 31.1 Å². The van der Waals surface area contributed by atoms with Crippen molar-refractivity contribution in [2.45, 2.75) is 27.2 Å². The first-order valence-corrected chi connectivity index (χ1v) is 8.15. The van der Waals surface area contributed by atoms with Crippen LogP contribution >= 0.6 is 0 Å². The minimum absolute atomic E-state index is 0.176. The Balaban J connectivity index is -0.000000300. The van der Waals surface area contributed by atoms with E-state index in [1.165, 1.54) is 19.6 Å². The fourth-order valence-corrected chi connectivity index (χ4v) is 0.915. The van der Waals surface area contributed by atoms with Crippen molar-refractivity contribution < 1.29 is 29.3 Å². The monoisotopic (exact) mass is 390 g/mol. The highest BCUT2D eigenvalue weighted by Crippen LogP contribution is 1.97. The van der Waals surface area contributed by atoms with Gasteiger partial charge in [-0.3, -0.25) is 0 Å². The molecule has 6 nitrogen and oxygen atoms in total. The van der Waals surface area contributed by atoms with Gasteiger partial charge in [0.2, 0.25) is 0 Å². The maximum Gasteiger partial charge on any atom is 0.332 e. The summed E-state index contributed by atoms with van der Waals surface area (Å²) >= 11 is 0. The number of benzene rings is 1. The molecule has 0 spiro atoms. The van der Waals surface area contributed by atoms with Crippen LogP contribution in [0.5, 0.6) is 0 Å². The van der Waals surface area contributed by atoms with Crippen molar-refractivity contribution in [1.82, 2.24) is 0 Å². The number of aliphatic carboxylic acids is 2. The van der Waals surface area contributed by atoms with Gasteiger partial charge in [-0.1, -0.05) is 69.6 Å². The Hall–Kier alpha value is -3.41. The lowest BCUT2D eigenvalue weighted by atomic mass is 10.2. The summed E-state index contributed by atoms with van der Waals surface area (Å²) < 4.78 is 4.27. The molecule has 0 atom stereocenters. The SMILES string of the molecule is C=C(C)C(=O)O.C=C(C)C(=O)OC.C=C(CC)C(=O)O.C=Cc1ccccc1. The zero-order valence-corrected chi connectivity index (χ0v) is 17.0. The van der Waals surface area contributed by atoms with E-state index in [4.69, 9.17) is 10.2 Å². The summed E-state index contributed by atoms with van der Waals surface area (Å²) in [4.78, 5) is 29.6. The number of hydrogen-bond donors (Lipinski definition) is 2. The van der Waals surface area contributed by atoms with Gasteiger partial charge in [0, 0.05) is 16.7 Å². The minimum Gasteiger partial charge on any atom is -0.478 e. The predicted octanol–water partition coefficient (Wildman–Crippen LogP) is 4.75. The summed E-state index contributed by atoms with van der Waals surface area (Å²) in [5, 5.41) is 16.0. The van der Waals surface area contributed by atoms with Gasteiger partial charge >= 0.3 is 17.9 Å². The van der Waals surface area contributed by atoms with Crippen molar-refractivity contribution in [3.8, 4) is 0 Å². The topological polar surface area (TPSA) is 101 Å². The molecule has 0 saturated heterocycles. The van der Waals surface area contributed by atoms with Crippen LogP contribution in [0.15, 0.2) is 73.4 Å². The standard InChI is InChI=1S/C8H8.2C5H8O2.C4H6O2/c1-2-8-6-4-3-5-7-8;1-4(2)5(6)7-3;1-3-4(2)5(6)7;1-3(2)4(5)6/h2-7H,1H2;1H2,2-3H3;2-3H2,1H3,(H,6,7);1H2,2H3,(H,5,6). The minimum atomic E-state index is -0.935. The molecule has 0 heterocycles. The first-order valence-electron chi connectivity index (χ1n) is 8.15. The molecule has 154 valence electrons. The summed E-state index contributed by atoms with van der Waals surface area (Å²) in [6.07, 6.45) is 2.36. The summed E-state index contributed by atoms with van der Waals surface area (Å²) in [6, 6.07) is 10.0. The smallest absolute Gasteiger partial charge is 0.332 e. The quantitative estimate of drug-likeness (QED) is 0.556. The van der Waals surface area contributed by atoms with Gasteiger partial charge in [0.05, 0.1) is 7.11 Å². The van der Waals surface area contributed by atoms with Gasteiger partial charge < -0.3 is 14.9 Å². The highest BCUT2D eigenvalue weighted by molar-refractivity contribution is 5.86. The van der Waals surface area contributed by atoms with Crippen molar-refractivity contribution in [2.24, 2.45) is 0 Å². The molecule has 28 heavy (non-hydrogen) atoms. The van der Waals surface area contributed by atoms with E-state index < -0.39 is 11.9 Å². The third-order valence-electron chi connectivity index (χ3n) is 2.66. The van der Waals surface area contributed by atoms with Gasteiger partial charge in [0.15, 0.2) is 0 Å². The number of hydrogen-bond acceptors (Lipinski definition) is 4. The molecule has 1 aromatic carbocycles. The molecule has 1 rings (SSSR count). The Morgan fingerprint density at radius 3 is 1.50 bits per heavy atom. The van der Waals surface area contributed by atoms with Gasteiger partial charge in [-0.25, -0.2) is 14.4 Å². The fraction of sp³-hybridized carbons (Fsp3) is 0.227. The Bertz CT molecular complexity index is 634. The summed E-state index contributed by atoms with van der Waals surface area (Å²) in [5.74, 6) is -2.18. The second kappa shape index (κ2) is 18.4. The zero-order chi connectivity index (χ0) is 22.7. The van der Waals surface area contributed by atoms with E-state index in [9.17, 15) is 14.4 Å². The largest absolute Gasteiger partial charge is 0.478 e. The van der Waals surface area contributed by atoms with Crippen molar-refractivity contribution in [2.75, 3.05) is 7.11 Å². The van der Waals surface area contributed by atoms with Crippen molar-refractivity contribution in [3.63, 3.8) is 0 Å². The molecule has 0 fully saturated rings. The van der Waals surface area contributed by atoms with Gasteiger partial charge in [-0.15, -0.1) is 0 Å². The lowest BCUT2D eigenvalue weighted by Gasteiger charge is -1.91. The van der Waals surface area contributed by atoms with Gasteiger partial charge in [-0.05, 0) is 25.8 Å². The number of rotatable bonds is 5. The number of methoxy groups -OCH3 is 1. The van der Waals surface area contributed by atoms with Crippen LogP contribution in [0.25, 0.3) is 6.08 Å². The molecule has 0 aliphatic heterocycles. The first-order chi connectivity index (χ1) is 12.9. The van der Waals surface area contributed by atoms with Crippen LogP contribution in [0.3, 0.4) is 0 Å². The van der Waals surface area contributed by atoms with Crippen LogP contribution in [0, 0.1) is 0 Å². The molecule has 0 aliphatic rings. The van der Waals surface area contributed by atoms with Crippen molar-refractivity contribution in [1.29, 1.82) is 0 Å². The molecule has 0 bridgehead atoms. The molecular weight excluding hydrogens is 360 g/mol. The Kier molecular flexibility index (Phi) is 19.3. The van der Waals surface area contributed by atoms with E-state index in [0.717, 1.165) is 0 Å². The van der Waals surface area contributed by atoms with Crippen molar-refractivity contribution in [3.05, 3.63) is 78.9 Å². The Labute approximate surface area is 167 Å². The maximum atomic E-state index is 10.2. The molecular formula is C22H30O6. The predicted molar refractivity (Wildman–Crippen MR) is 113 cm³/mol. The van der Waals surface area contributed by atoms with Gasteiger partial charge in [0.25, 0.3) is 0 Å². The third-order valence-corrected chi connectivity index (χ3v) is 2.66. The fourth-order valence-electron chi connectivity index (χ4n) is 0.915. The zero-order valence-electron chi connectivity index (χ0n) is 17.0. The van der Waals surface area contributed by atoms with E-state index in [1.54, 1.807) is 13.8 Å². The molecule has 0 saturated carbocycles.